The Labute approximate surface area is 196 Å². The van der Waals surface area contributed by atoms with Crippen LogP contribution in [0.5, 0.6) is 0 Å². The molecular weight excluding hydrogens is 472 g/mol. The molecule has 0 spiro atoms. The Kier molecular flexibility index (Phi) is 7.40. The number of rotatable bonds is 7. The summed E-state index contributed by atoms with van der Waals surface area (Å²) in [6.07, 6.45) is -3.30. The quantitative estimate of drug-likeness (QED) is 0.280. The zero-order valence-corrected chi connectivity index (χ0v) is 18.1. The van der Waals surface area contributed by atoms with Crippen LogP contribution >= 0.6 is 0 Å². The van der Waals surface area contributed by atoms with Crippen molar-refractivity contribution in [3.05, 3.63) is 65.7 Å². The van der Waals surface area contributed by atoms with Gasteiger partial charge in [0.25, 0.3) is 5.91 Å². The fourth-order valence-corrected chi connectivity index (χ4v) is 3.17. The van der Waals surface area contributed by atoms with Crippen LogP contribution in [-0.4, -0.2) is 36.4 Å². The van der Waals surface area contributed by atoms with E-state index in [1.165, 1.54) is 30.5 Å². The minimum atomic E-state index is -4.70. The van der Waals surface area contributed by atoms with Crippen molar-refractivity contribution >= 4 is 34.9 Å². The minimum absolute atomic E-state index is 0.0287. The third-order valence-electron chi connectivity index (χ3n) is 4.71. The molecule has 13 heteroatoms. The Bertz CT molecular complexity index is 1260. The van der Waals surface area contributed by atoms with Gasteiger partial charge in [-0.15, -0.1) is 0 Å². The Hall–Kier alpha value is -4.39. The summed E-state index contributed by atoms with van der Waals surface area (Å²) < 4.78 is 52.4. The first-order chi connectivity index (χ1) is 16.5. The lowest BCUT2D eigenvalue weighted by molar-refractivity contribution is -0.137. The van der Waals surface area contributed by atoms with Gasteiger partial charge >= 0.3 is 12.2 Å². The number of carbonyl (C=O) groups is 3. The summed E-state index contributed by atoms with van der Waals surface area (Å²) in [5, 5.41) is 9.75. The van der Waals surface area contributed by atoms with Gasteiger partial charge in [-0.2, -0.15) is 13.2 Å². The second-order valence-electron chi connectivity index (χ2n) is 7.24. The first kappa shape index (κ1) is 25.2. The molecule has 4 amide bonds. The van der Waals surface area contributed by atoms with E-state index in [0.717, 1.165) is 0 Å². The van der Waals surface area contributed by atoms with Crippen molar-refractivity contribution < 1.29 is 31.9 Å². The van der Waals surface area contributed by atoms with E-state index in [9.17, 15) is 31.9 Å². The summed E-state index contributed by atoms with van der Waals surface area (Å²) in [7, 11) is 1.59. The molecule has 1 heterocycles. The maximum atomic E-state index is 13.9. The molecule has 0 aliphatic rings. The number of aromatic nitrogens is 1. The second-order valence-corrected chi connectivity index (χ2v) is 7.24. The van der Waals surface area contributed by atoms with Crippen LogP contribution in [0.3, 0.4) is 0 Å². The predicted molar refractivity (Wildman–Crippen MR) is 121 cm³/mol. The van der Waals surface area contributed by atoms with Crippen LogP contribution in [0.2, 0.25) is 0 Å². The van der Waals surface area contributed by atoms with E-state index in [2.05, 4.69) is 20.9 Å². The molecule has 0 bridgehead atoms. The number of H-pyrrole nitrogens is 1. The molecule has 0 unspecified atom stereocenters. The number of carbonyl (C=O) groups excluding carboxylic acids is 3. The van der Waals surface area contributed by atoms with Crippen LogP contribution < -0.4 is 27.0 Å². The smallest absolute Gasteiger partial charge is 0.364 e. The number of anilines is 3. The fraction of sp³-hybridized carbons (Fsp3) is 0.136. The number of halogens is 4. The van der Waals surface area contributed by atoms with Gasteiger partial charge in [0, 0.05) is 17.4 Å². The number of nitrogens with one attached hydrogen (secondary N) is 5. The number of alkyl halides is 3. The third-order valence-corrected chi connectivity index (χ3v) is 4.71. The van der Waals surface area contributed by atoms with Gasteiger partial charge in [0.05, 0.1) is 23.5 Å². The summed E-state index contributed by atoms with van der Waals surface area (Å²) in [6.45, 7) is 0.0287. The number of urea groups is 1. The highest BCUT2D eigenvalue weighted by molar-refractivity contribution is 6.06. The Morgan fingerprint density at radius 2 is 1.66 bits per heavy atom. The molecule has 0 aliphatic heterocycles. The van der Waals surface area contributed by atoms with Crippen LogP contribution in [-0.2, 0) is 11.0 Å². The van der Waals surface area contributed by atoms with Gasteiger partial charge in [0.15, 0.2) is 0 Å². The molecule has 0 saturated carbocycles. The SMILES string of the molecule is CNCC(=O)Nc1c[nH]c(C(N)=O)c1-c1ccc(NC(=O)Nc2cc(C(F)(F)F)ccc2F)cc1. The molecule has 7 N–H and O–H groups in total. The second kappa shape index (κ2) is 10.3. The molecule has 1 aromatic heterocycles. The lowest BCUT2D eigenvalue weighted by atomic mass is 10.0. The van der Waals surface area contributed by atoms with Crippen molar-refractivity contribution in [2.45, 2.75) is 6.18 Å². The number of hydrogen-bond acceptors (Lipinski definition) is 4. The Balaban J connectivity index is 1.78. The van der Waals surface area contributed by atoms with Gasteiger partial charge in [0.2, 0.25) is 5.91 Å². The normalized spacial score (nSPS) is 11.1. The first-order valence-electron chi connectivity index (χ1n) is 10.0. The zero-order valence-electron chi connectivity index (χ0n) is 18.1. The summed E-state index contributed by atoms with van der Waals surface area (Å²) in [4.78, 5) is 38.7. The maximum Gasteiger partial charge on any atom is 0.416 e. The van der Waals surface area contributed by atoms with E-state index < -0.39 is 35.2 Å². The number of likely N-dealkylation sites (N-methyl/N-ethyl adjacent to an activating group) is 1. The molecular formula is C22H20F4N6O3. The van der Waals surface area contributed by atoms with E-state index in [1.54, 1.807) is 7.05 Å². The zero-order chi connectivity index (χ0) is 25.8. The summed E-state index contributed by atoms with van der Waals surface area (Å²) >= 11 is 0. The predicted octanol–water partition coefficient (Wildman–Crippen LogP) is 3.74. The number of amides is 4. The monoisotopic (exact) mass is 492 g/mol. The van der Waals surface area contributed by atoms with Crippen molar-refractivity contribution in [1.29, 1.82) is 0 Å². The highest BCUT2D eigenvalue weighted by atomic mass is 19.4. The molecule has 0 aliphatic carbocycles. The lowest BCUT2D eigenvalue weighted by Crippen LogP contribution is -2.25. The highest BCUT2D eigenvalue weighted by Gasteiger charge is 2.31. The van der Waals surface area contributed by atoms with E-state index in [1.807, 2.05) is 5.32 Å². The standard InChI is InChI=1S/C22H20F4N6O3/c1-28-10-17(33)31-16-9-29-19(20(27)34)18(16)11-2-5-13(6-3-11)30-21(35)32-15-8-12(22(24,25)26)4-7-14(15)23/h2-9,28-29H,10H2,1H3,(H2,27,34)(H,31,33)(H2,30,32,35). The Morgan fingerprint density at radius 3 is 2.26 bits per heavy atom. The van der Waals surface area contributed by atoms with E-state index >= 15 is 0 Å². The average molecular weight is 492 g/mol. The number of benzene rings is 2. The largest absolute Gasteiger partial charge is 0.416 e. The molecule has 0 atom stereocenters. The number of hydrogen-bond donors (Lipinski definition) is 6. The van der Waals surface area contributed by atoms with Crippen molar-refractivity contribution in [2.75, 3.05) is 29.5 Å². The van der Waals surface area contributed by atoms with Crippen molar-refractivity contribution in [2.24, 2.45) is 5.73 Å². The number of primary amides is 1. The van der Waals surface area contributed by atoms with Gasteiger partial charge in [0.1, 0.15) is 11.5 Å². The van der Waals surface area contributed by atoms with Crippen LogP contribution in [0, 0.1) is 5.82 Å². The molecule has 3 aromatic rings. The third kappa shape index (κ3) is 6.14. The minimum Gasteiger partial charge on any atom is -0.364 e. The lowest BCUT2D eigenvalue weighted by Gasteiger charge is -2.12. The topological polar surface area (TPSA) is 141 Å². The van der Waals surface area contributed by atoms with Crippen molar-refractivity contribution in [3.63, 3.8) is 0 Å². The first-order valence-corrected chi connectivity index (χ1v) is 10.0. The van der Waals surface area contributed by atoms with Gasteiger partial charge in [-0.25, -0.2) is 9.18 Å². The van der Waals surface area contributed by atoms with Gasteiger partial charge in [-0.1, -0.05) is 12.1 Å². The van der Waals surface area contributed by atoms with Crippen molar-refractivity contribution in [3.8, 4) is 11.1 Å². The van der Waals surface area contributed by atoms with E-state index in [0.29, 0.717) is 35.0 Å². The van der Waals surface area contributed by atoms with Crippen LogP contribution in [0.15, 0.2) is 48.7 Å². The van der Waals surface area contributed by atoms with Crippen LogP contribution in [0.1, 0.15) is 16.1 Å². The average Bonchev–Trinajstić information content (AvgIpc) is 3.19. The molecule has 0 fully saturated rings. The summed E-state index contributed by atoms with van der Waals surface area (Å²) in [5.74, 6) is -2.16. The van der Waals surface area contributed by atoms with E-state index in [4.69, 9.17) is 5.73 Å². The Morgan fingerprint density at radius 1 is 0.971 bits per heavy atom. The van der Waals surface area contributed by atoms with Gasteiger partial charge in [-0.3, -0.25) is 9.59 Å². The molecule has 3 rings (SSSR count). The molecule has 184 valence electrons. The van der Waals surface area contributed by atoms with Gasteiger partial charge in [-0.05, 0) is 42.9 Å². The maximum absolute atomic E-state index is 13.9. The summed E-state index contributed by atoms with van der Waals surface area (Å²) in [6, 6.07) is 6.59. The van der Waals surface area contributed by atoms with E-state index in [-0.39, 0.29) is 23.8 Å². The fourth-order valence-electron chi connectivity index (χ4n) is 3.17. The van der Waals surface area contributed by atoms with Crippen LogP contribution in [0.4, 0.5) is 39.4 Å². The highest BCUT2D eigenvalue weighted by Crippen LogP contribution is 2.33. The van der Waals surface area contributed by atoms with Gasteiger partial charge < -0.3 is 32.0 Å². The van der Waals surface area contributed by atoms with Crippen molar-refractivity contribution in [1.82, 2.24) is 10.3 Å². The summed E-state index contributed by atoms with van der Waals surface area (Å²) in [5.41, 5.74) is 5.01. The molecule has 9 nitrogen and oxygen atoms in total. The molecule has 0 radical (unpaired) electrons. The molecule has 2 aromatic carbocycles. The van der Waals surface area contributed by atoms with Crippen LogP contribution in [0.25, 0.3) is 11.1 Å². The number of nitrogens with two attached hydrogens (primary N) is 1. The number of aromatic amines is 1. The molecule has 0 saturated heterocycles. The molecule has 35 heavy (non-hydrogen) atoms.